The Morgan fingerprint density at radius 2 is 2.28 bits per heavy atom. The maximum Gasteiger partial charge on any atom is 0.0952 e. The molecule has 4 heteroatoms. The van der Waals surface area contributed by atoms with E-state index in [-0.39, 0.29) is 6.04 Å². The summed E-state index contributed by atoms with van der Waals surface area (Å²) in [5.41, 5.74) is 7.44. The normalized spacial score (nSPS) is 25.8. The molecule has 1 fully saturated rings. The van der Waals surface area contributed by atoms with Crippen LogP contribution in [0.15, 0.2) is 12.5 Å². The minimum absolute atomic E-state index is 0.0746. The molecule has 1 saturated carbocycles. The third-order valence-corrected chi connectivity index (χ3v) is 3.88. The second-order valence-corrected chi connectivity index (χ2v) is 5.73. The quantitative estimate of drug-likeness (QED) is 0.875. The molecule has 0 saturated heterocycles. The van der Waals surface area contributed by atoms with E-state index in [2.05, 4.69) is 23.4 Å². The standard InChI is InChI=1S/C14H25N3O/c1-10(2)7-11(15)13-8-16-9-17(13)12-5-4-6-14(12)18-3/h8-12,14H,4-7,15H2,1-3H3. The molecular weight excluding hydrogens is 226 g/mol. The molecule has 18 heavy (non-hydrogen) atoms. The number of aromatic nitrogens is 2. The highest BCUT2D eigenvalue weighted by molar-refractivity contribution is 5.08. The van der Waals surface area contributed by atoms with Crippen LogP contribution in [0.5, 0.6) is 0 Å². The van der Waals surface area contributed by atoms with Crippen molar-refractivity contribution in [3.63, 3.8) is 0 Å². The van der Waals surface area contributed by atoms with Crippen LogP contribution in [0.4, 0.5) is 0 Å². The summed E-state index contributed by atoms with van der Waals surface area (Å²) in [6.07, 6.45) is 8.66. The Bertz CT molecular complexity index is 375. The number of rotatable bonds is 5. The lowest BCUT2D eigenvalue weighted by Gasteiger charge is -2.24. The van der Waals surface area contributed by atoms with E-state index in [9.17, 15) is 0 Å². The van der Waals surface area contributed by atoms with Gasteiger partial charge in [0.1, 0.15) is 0 Å². The fourth-order valence-electron chi connectivity index (χ4n) is 3.01. The first-order valence-electron chi connectivity index (χ1n) is 6.93. The third kappa shape index (κ3) is 2.75. The molecule has 2 N–H and O–H groups in total. The molecule has 102 valence electrons. The van der Waals surface area contributed by atoms with Crippen molar-refractivity contribution in [3.05, 3.63) is 18.2 Å². The second-order valence-electron chi connectivity index (χ2n) is 5.73. The summed E-state index contributed by atoms with van der Waals surface area (Å²) in [6.45, 7) is 4.40. The van der Waals surface area contributed by atoms with Gasteiger partial charge in [-0.2, -0.15) is 0 Å². The number of hydrogen-bond acceptors (Lipinski definition) is 3. The zero-order valence-corrected chi connectivity index (χ0v) is 11.7. The van der Waals surface area contributed by atoms with Gasteiger partial charge in [-0.25, -0.2) is 4.98 Å². The van der Waals surface area contributed by atoms with E-state index >= 15 is 0 Å². The molecule has 3 atom stereocenters. The summed E-state index contributed by atoms with van der Waals surface area (Å²) in [6, 6.07) is 0.483. The second kappa shape index (κ2) is 5.85. The van der Waals surface area contributed by atoms with Crippen LogP contribution in [0.1, 0.15) is 57.3 Å². The Balaban J connectivity index is 2.16. The van der Waals surface area contributed by atoms with Gasteiger partial charge in [0, 0.05) is 19.3 Å². The highest BCUT2D eigenvalue weighted by atomic mass is 16.5. The summed E-state index contributed by atoms with van der Waals surface area (Å²) in [4.78, 5) is 4.29. The van der Waals surface area contributed by atoms with E-state index in [0.717, 1.165) is 25.0 Å². The lowest BCUT2D eigenvalue weighted by molar-refractivity contribution is 0.0736. The van der Waals surface area contributed by atoms with Gasteiger partial charge in [0.05, 0.1) is 24.2 Å². The zero-order chi connectivity index (χ0) is 13.1. The fourth-order valence-corrected chi connectivity index (χ4v) is 3.01. The first kappa shape index (κ1) is 13.6. The van der Waals surface area contributed by atoms with Crippen LogP contribution in [0.25, 0.3) is 0 Å². The van der Waals surface area contributed by atoms with Gasteiger partial charge in [0.25, 0.3) is 0 Å². The molecule has 1 aliphatic rings. The van der Waals surface area contributed by atoms with Crippen molar-refractivity contribution in [2.45, 2.75) is 57.7 Å². The molecule has 1 aromatic heterocycles. The Morgan fingerprint density at radius 1 is 1.50 bits per heavy atom. The summed E-state index contributed by atoms with van der Waals surface area (Å²) >= 11 is 0. The van der Waals surface area contributed by atoms with Gasteiger partial charge in [-0.15, -0.1) is 0 Å². The average molecular weight is 251 g/mol. The Hall–Kier alpha value is -0.870. The van der Waals surface area contributed by atoms with Crippen LogP contribution >= 0.6 is 0 Å². The molecule has 1 aromatic rings. The maximum atomic E-state index is 6.29. The molecule has 1 heterocycles. The lowest BCUT2D eigenvalue weighted by Crippen LogP contribution is -2.25. The molecule has 0 radical (unpaired) electrons. The SMILES string of the molecule is COC1CCCC1n1cncc1C(N)CC(C)C. The molecule has 4 nitrogen and oxygen atoms in total. The van der Waals surface area contributed by atoms with E-state index in [1.807, 2.05) is 12.5 Å². The molecule has 1 aliphatic carbocycles. The van der Waals surface area contributed by atoms with Crippen molar-refractivity contribution >= 4 is 0 Å². The lowest BCUT2D eigenvalue weighted by atomic mass is 10.0. The van der Waals surface area contributed by atoms with Crippen molar-refractivity contribution in [2.75, 3.05) is 7.11 Å². The maximum absolute atomic E-state index is 6.29. The highest BCUT2D eigenvalue weighted by Crippen LogP contribution is 2.34. The van der Waals surface area contributed by atoms with Gasteiger partial charge in [-0.05, 0) is 31.6 Å². The molecule has 0 amide bonds. The van der Waals surface area contributed by atoms with E-state index in [0.29, 0.717) is 18.1 Å². The van der Waals surface area contributed by atoms with Crippen LogP contribution in [0.3, 0.4) is 0 Å². The highest BCUT2D eigenvalue weighted by Gasteiger charge is 2.30. The minimum atomic E-state index is 0.0746. The molecule has 3 unspecified atom stereocenters. The summed E-state index contributed by atoms with van der Waals surface area (Å²) in [5, 5.41) is 0. The molecule has 0 aromatic carbocycles. The predicted molar refractivity (Wildman–Crippen MR) is 72.3 cm³/mol. The van der Waals surface area contributed by atoms with E-state index in [1.165, 1.54) is 6.42 Å². The monoisotopic (exact) mass is 251 g/mol. The van der Waals surface area contributed by atoms with Crippen molar-refractivity contribution in [2.24, 2.45) is 11.7 Å². The Morgan fingerprint density at radius 3 is 2.94 bits per heavy atom. The Kier molecular flexibility index (Phi) is 4.40. The van der Waals surface area contributed by atoms with E-state index in [1.54, 1.807) is 7.11 Å². The molecular formula is C14H25N3O. The summed E-state index contributed by atoms with van der Waals surface area (Å²) < 4.78 is 7.82. The van der Waals surface area contributed by atoms with Crippen molar-refractivity contribution in [3.8, 4) is 0 Å². The number of hydrogen-bond donors (Lipinski definition) is 1. The molecule has 0 spiro atoms. The first-order valence-corrected chi connectivity index (χ1v) is 6.93. The smallest absolute Gasteiger partial charge is 0.0952 e. The van der Waals surface area contributed by atoms with Crippen LogP contribution in [0, 0.1) is 5.92 Å². The van der Waals surface area contributed by atoms with E-state index in [4.69, 9.17) is 10.5 Å². The third-order valence-electron chi connectivity index (χ3n) is 3.88. The number of ether oxygens (including phenoxy) is 1. The first-order chi connectivity index (χ1) is 8.63. The molecule has 2 rings (SSSR count). The fraction of sp³-hybridized carbons (Fsp3) is 0.786. The predicted octanol–water partition coefficient (Wildman–Crippen LogP) is 2.67. The van der Waals surface area contributed by atoms with Crippen LogP contribution in [0.2, 0.25) is 0 Å². The van der Waals surface area contributed by atoms with Gasteiger partial charge >= 0.3 is 0 Å². The number of imidazole rings is 1. The van der Waals surface area contributed by atoms with Crippen LogP contribution in [-0.2, 0) is 4.74 Å². The van der Waals surface area contributed by atoms with Gasteiger partial charge in [-0.1, -0.05) is 13.8 Å². The summed E-state index contributed by atoms with van der Waals surface area (Å²) in [7, 11) is 1.80. The van der Waals surface area contributed by atoms with E-state index < -0.39 is 0 Å². The number of methoxy groups -OCH3 is 1. The van der Waals surface area contributed by atoms with Crippen LogP contribution < -0.4 is 5.73 Å². The molecule has 0 aliphatic heterocycles. The number of nitrogens with zero attached hydrogens (tertiary/aromatic N) is 2. The average Bonchev–Trinajstić information content (AvgIpc) is 2.96. The van der Waals surface area contributed by atoms with Crippen molar-refractivity contribution < 1.29 is 4.74 Å². The topological polar surface area (TPSA) is 53.1 Å². The van der Waals surface area contributed by atoms with Gasteiger partial charge in [0.15, 0.2) is 0 Å². The van der Waals surface area contributed by atoms with Gasteiger partial charge in [-0.3, -0.25) is 0 Å². The minimum Gasteiger partial charge on any atom is -0.379 e. The van der Waals surface area contributed by atoms with Gasteiger partial charge < -0.3 is 15.0 Å². The zero-order valence-electron chi connectivity index (χ0n) is 11.7. The van der Waals surface area contributed by atoms with Crippen molar-refractivity contribution in [1.82, 2.24) is 9.55 Å². The number of nitrogens with two attached hydrogens (primary N) is 1. The molecule has 0 bridgehead atoms. The largest absolute Gasteiger partial charge is 0.379 e. The van der Waals surface area contributed by atoms with Crippen LogP contribution in [-0.4, -0.2) is 22.8 Å². The van der Waals surface area contributed by atoms with Gasteiger partial charge in [0.2, 0.25) is 0 Å². The van der Waals surface area contributed by atoms with Crippen molar-refractivity contribution in [1.29, 1.82) is 0 Å². The summed E-state index contributed by atoms with van der Waals surface area (Å²) in [5.74, 6) is 0.602. The Labute approximate surface area is 110 Å².